The van der Waals surface area contributed by atoms with Crippen LogP contribution in [0, 0.1) is 12.7 Å². The van der Waals surface area contributed by atoms with E-state index in [9.17, 15) is 9.18 Å². The minimum absolute atomic E-state index is 0.0163. The van der Waals surface area contributed by atoms with Crippen molar-refractivity contribution < 1.29 is 9.18 Å². The van der Waals surface area contributed by atoms with E-state index in [1.807, 2.05) is 37.4 Å². The van der Waals surface area contributed by atoms with Crippen molar-refractivity contribution in [3.8, 4) is 16.9 Å². The number of ketones is 1. The molecule has 0 bridgehead atoms. The van der Waals surface area contributed by atoms with Crippen LogP contribution in [0.15, 0.2) is 60.9 Å². The molecule has 2 aromatic carbocycles. The summed E-state index contributed by atoms with van der Waals surface area (Å²) in [5.74, 6) is 0.315. The molecule has 4 rings (SSSR count). The Morgan fingerprint density at radius 3 is 2.54 bits per heavy atom. The average molecular weight is 345 g/mol. The SMILES string of the molecule is CC(=O)c1cc(C)cc2nc(-n3cccn3)c(-c3ccc(F)cc3)cc12. The average Bonchev–Trinajstić information content (AvgIpc) is 3.15. The number of pyridine rings is 1. The molecule has 0 radical (unpaired) electrons. The molecule has 4 nitrogen and oxygen atoms in total. The number of aromatic nitrogens is 3. The summed E-state index contributed by atoms with van der Waals surface area (Å²) < 4.78 is 15.0. The number of halogens is 1. The molecule has 0 N–H and O–H groups in total. The molecule has 5 heteroatoms. The van der Waals surface area contributed by atoms with Crippen molar-refractivity contribution in [1.82, 2.24) is 14.8 Å². The van der Waals surface area contributed by atoms with Crippen LogP contribution in [0.4, 0.5) is 4.39 Å². The molecule has 0 amide bonds. The van der Waals surface area contributed by atoms with Crippen molar-refractivity contribution in [1.29, 1.82) is 0 Å². The molecule has 0 saturated heterocycles. The fourth-order valence-electron chi connectivity index (χ4n) is 3.11. The summed E-state index contributed by atoms with van der Waals surface area (Å²) in [6, 6.07) is 13.8. The molecule has 0 saturated carbocycles. The third kappa shape index (κ3) is 2.77. The third-order valence-corrected chi connectivity index (χ3v) is 4.31. The number of carbonyl (C=O) groups excluding carboxylic acids is 1. The van der Waals surface area contributed by atoms with Crippen LogP contribution in [0.25, 0.3) is 27.8 Å². The molecule has 0 unspecified atom stereocenters. The molecule has 4 aromatic rings. The lowest BCUT2D eigenvalue weighted by molar-refractivity contribution is 0.101. The van der Waals surface area contributed by atoms with E-state index in [1.54, 1.807) is 29.9 Å². The van der Waals surface area contributed by atoms with Crippen molar-refractivity contribution in [3.63, 3.8) is 0 Å². The van der Waals surface area contributed by atoms with Crippen molar-refractivity contribution >= 4 is 16.7 Å². The van der Waals surface area contributed by atoms with E-state index in [1.165, 1.54) is 12.1 Å². The minimum atomic E-state index is -0.303. The molecular weight excluding hydrogens is 329 g/mol. The highest BCUT2D eigenvalue weighted by Gasteiger charge is 2.15. The first-order valence-electron chi connectivity index (χ1n) is 8.25. The monoisotopic (exact) mass is 345 g/mol. The van der Waals surface area contributed by atoms with Crippen LogP contribution in [0.2, 0.25) is 0 Å². The fraction of sp³-hybridized carbons (Fsp3) is 0.0952. The second-order valence-corrected chi connectivity index (χ2v) is 6.25. The lowest BCUT2D eigenvalue weighted by Crippen LogP contribution is -2.04. The highest BCUT2D eigenvalue weighted by atomic mass is 19.1. The van der Waals surface area contributed by atoms with Gasteiger partial charge < -0.3 is 0 Å². The van der Waals surface area contributed by atoms with Crippen molar-refractivity contribution in [2.24, 2.45) is 0 Å². The number of carbonyl (C=O) groups is 1. The second-order valence-electron chi connectivity index (χ2n) is 6.25. The summed E-state index contributed by atoms with van der Waals surface area (Å²) in [5, 5.41) is 5.07. The predicted octanol–water partition coefficient (Wildman–Crippen LogP) is 4.74. The topological polar surface area (TPSA) is 47.8 Å². The molecule has 0 fully saturated rings. The fourth-order valence-corrected chi connectivity index (χ4v) is 3.11. The van der Waals surface area contributed by atoms with E-state index in [4.69, 9.17) is 4.98 Å². The van der Waals surface area contributed by atoms with Crippen LogP contribution in [-0.2, 0) is 0 Å². The van der Waals surface area contributed by atoms with Gasteiger partial charge in [0.05, 0.1) is 5.52 Å². The number of aryl methyl sites for hydroxylation is 1. The molecule has 128 valence electrons. The van der Waals surface area contributed by atoms with E-state index in [2.05, 4.69) is 5.10 Å². The van der Waals surface area contributed by atoms with Crippen LogP contribution >= 0.6 is 0 Å². The van der Waals surface area contributed by atoms with Gasteiger partial charge in [-0.15, -0.1) is 0 Å². The first-order valence-corrected chi connectivity index (χ1v) is 8.25. The smallest absolute Gasteiger partial charge is 0.161 e. The number of hydrogen-bond donors (Lipinski definition) is 0. The van der Waals surface area contributed by atoms with Crippen LogP contribution in [0.5, 0.6) is 0 Å². The van der Waals surface area contributed by atoms with E-state index in [0.29, 0.717) is 11.4 Å². The van der Waals surface area contributed by atoms with Gasteiger partial charge in [0.15, 0.2) is 11.6 Å². The largest absolute Gasteiger partial charge is 0.294 e. The molecule has 0 aliphatic carbocycles. The Balaban J connectivity index is 2.08. The first-order chi connectivity index (χ1) is 12.5. The highest BCUT2D eigenvalue weighted by Crippen LogP contribution is 2.31. The van der Waals surface area contributed by atoms with Gasteiger partial charge >= 0.3 is 0 Å². The first kappa shape index (κ1) is 16.1. The summed E-state index contributed by atoms with van der Waals surface area (Å²) in [4.78, 5) is 16.9. The highest BCUT2D eigenvalue weighted by molar-refractivity contribution is 6.07. The normalized spacial score (nSPS) is 11.0. The lowest BCUT2D eigenvalue weighted by atomic mass is 9.98. The van der Waals surface area contributed by atoms with Gasteiger partial charge in [-0.25, -0.2) is 14.1 Å². The standard InChI is InChI=1S/C21H16FN3O/c1-13-10-17(14(2)26)19-12-18(15-4-6-16(22)7-5-15)21(24-20(19)11-13)25-9-3-8-23-25/h3-12H,1-2H3. The molecule has 0 spiro atoms. The Kier molecular flexibility index (Phi) is 3.84. The molecular formula is C21H16FN3O. The van der Waals surface area contributed by atoms with Crippen LogP contribution < -0.4 is 0 Å². The van der Waals surface area contributed by atoms with E-state index in [0.717, 1.165) is 27.6 Å². The molecule has 26 heavy (non-hydrogen) atoms. The zero-order valence-electron chi connectivity index (χ0n) is 14.4. The van der Waals surface area contributed by atoms with Crippen molar-refractivity contribution in [2.45, 2.75) is 13.8 Å². The molecule has 0 aliphatic rings. The zero-order valence-corrected chi connectivity index (χ0v) is 14.4. The molecule has 2 heterocycles. The summed E-state index contributed by atoms with van der Waals surface area (Å²) in [6.45, 7) is 3.49. The third-order valence-electron chi connectivity index (χ3n) is 4.31. The Bertz CT molecular complexity index is 1120. The van der Waals surface area contributed by atoms with Gasteiger partial charge in [0, 0.05) is 28.9 Å². The maximum atomic E-state index is 13.4. The minimum Gasteiger partial charge on any atom is -0.294 e. The lowest BCUT2D eigenvalue weighted by Gasteiger charge is -2.13. The number of benzene rings is 2. The number of Topliss-reactive ketones (excluding diaryl/α,β-unsaturated/α-hetero) is 1. The number of hydrogen-bond acceptors (Lipinski definition) is 3. The zero-order chi connectivity index (χ0) is 18.3. The van der Waals surface area contributed by atoms with Gasteiger partial charge in [-0.2, -0.15) is 5.10 Å². The van der Waals surface area contributed by atoms with Crippen molar-refractivity contribution in [2.75, 3.05) is 0 Å². The maximum Gasteiger partial charge on any atom is 0.161 e. The maximum absolute atomic E-state index is 13.4. The van der Waals surface area contributed by atoms with E-state index in [-0.39, 0.29) is 11.6 Å². The Morgan fingerprint density at radius 2 is 1.88 bits per heavy atom. The van der Waals surface area contributed by atoms with Gasteiger partial charge in [-0.1, -0.05) is 12.1 Å². The van der Waals surface area contributed by atoms with Crippen LogP contribution in [0.3, 0.4) is 0 Å². The van der Waals surface area contributed by atoms with Crippen molar-refractivity contribution in [3.05, 3.63) is 77.9 Å². The predicted molar refractivity (Wildman–Crippen MR) is 99.0 cm³/mol. The molecule has 2 aromatic heterocycles. The number of nitrogens with zero attached hydrogens (tertiary/aromatic N) is 3. The Hall–Kier alpha value is -3.34. The van der Waals surface area contributed by atoms with Crippen LogP contribution in [0.1, 0.15) is 22.8 Å². The summed E-state index contributed by atoms with van der Waals surface area (Å²) in [5.41, 5.74) is 3.92. The molecule has 0 atom stereocenters. The van der Waals surface area contributed by atoms with E-state index < -0.39 is 0 Å². The van der Waals surface area contributed by atoms with Gasteiger partial charge in [-0.3, -0.25) is 4.79 Å². The summed E-state index contributed by atoms with van der Waals surface area (Å²) >= 11 is 0. The Morgan fingerprint density at radius 1 is 1.12 bits per heavy atom. The second kappa shape index (κ2) is 6.19. The van der Waals surface area contributed by atoms with Gasteiger partial charge in [0.25, 0.3) is 0 Å². The quantitative estimate of drug-likeness (QED) is 0.504. The van der Waals surface area contributed by atoms with Gasteiger partial charge in [0.2, 0.25) is 0 Å². The molecule has 0 aliphatic heterocycles. The van der Waals surface area contributed by atoms with Crippen LogP contribution in [-0.4, -0.2) is 20.5 Å². The number of rotatable bonds is 3. The summed E-state index contributed by atoms with van der Waals surface area (Å²) in [7, 11) is 0. The van der Waals surface area contributed by atoms with Gasteiger partial charge in [-0.05, 0) is 61.4 Å². The summed E-state index contributed by atoms with van der Waals surface area (Å²) in [6.07, 6.45) is 3.49. The van der Waals surface area contributed by atoms with E-state index >= 15 is 0 Å². The Labute approximate surface area is 149 Å². The number of fused-ring (bicyclic) bond motifs is 1. The van der Waals surface area contributed by atoms with Gasteiger partial charge in [0.1, 0.15) is 5.82 Å².